The van der Waals surface area contributed by atoms with E-state index in [9.17, 15) is 23.2 Å². The van der Waals surface area contributed by atoms with Crippen LogP contribution in [0.1, 0.15) is 46.5 Å². The van der Waals surface area contributed by atoms with Gasteiger partial charge in [-0.1, -0.05) is 20.8 Å². The summed E-state index contributed by atoms with van der Waals surface area (Å²) < 4.78 is 28.1. The molecule has 10 heteroatoms. The molecule has 1 fully saturated rings. The molecule has 2 rings (SSSR count). The van der Waals surface area contributed by atoms with E-state index in [1.165, 1.54) is 4.90 Å². The lowest BCUT2D eigenvalue weighted by Crippen LogP contribution is -2.57. The minimum Gasteiger partial charge on any atom is -0.354 e. The van der Waals surface area contributed by atoms with Crippen molar-refractivity contribution in [1.29, 1.82) is 0 Å². The number of likely N-dealkylation sites (tertiary alicyclic amines) is 1. The van der Waals surface area contributed by atoms with Crippen LogP contribution < -0.4 is 16.4 Å². The number of nitrogens with one attached hydrogen (secondary N) is 2. The van der Waals surface area contributed by atoms with Crippen LogP contribution in [0, 0.1) is 5.41 Å². The lowest BCUT2D eigenvalue weighted by atomic mass is 9.86. The van der Waals surface area contributed by atoms with E-state index in [-0.39, 0.29) is 5.91 Å². The highest BCUT2D eigenvalue weighted by molar-refractivity contribution is 5.93. The first-order valence-electron chi connectivity index (χ1n) is 11.0. The molecule has 8 nitrogen and oxygen atoms in total. The molecule has 2 heterocycles. The van der Waals surface area contributed by atoms with Gasteiger partial charge in [-0.25, -0.2) is 8.78 Å². The fraction of sp³-hybridized carbons (Fsp3) is 0.682. The summed E-state index contributed by atoms with van der Waals surface area (Å²) in [5, 5.41) is 5.05. The van der Waals surface area contributed by atoms with Gasteiger partial charge in [0.15, 0.2) is 0 Å². The highest BCUT2D eigenvalue weighted by Crippen LogP contribution is 2.24. The largest absolute Gasteiger partial charge is 0.354 e. The van der Waals surface area contributed by atoms with Gasteiger partial charge in [0.25, 0.3) is 0 Å². The van der Waals surface area contributed by atoms with Crippen LogP contribution in [0.3, 0.4) is 0 Å². The monoisotopic (exact) mass is 455 g/mol. The molecule has 32 heavy (non-hydrogen) atoms. The van der Waals surface area contributed by atoms with Crippen molar-refractivity contribution in [2.24, 2.45) is 11.1 Å². The number of alkyl halides is 2. The minimum absolute atomic E-state index is 0.293. The summed E-state index contributed by atoms with van der Waals surface area (Å²) in [6.45, 7) is 6.83. The number of nitrogens with two attached hydrogens (primary N) is 1. The number of carbonyl (C=O) groups excluding carboxylic acids is 3. The van der Waals surface area contributed by atoms with Gasteiger partial charge in [-0.3, -0.25) is 14.4 Å². The third-order valence-electron chi connectivity index (χ3n) is 5.64. The van der Waals surface area contributed by atoms with Crippen LogP contribution in [0.2, 0.25) is 0 Å². The third-order valence-corrected chi connectivity index (χ3v) is 5.64. The van der Waals surface area contributed by atoms with Crippen molar-refractivity contribution in [3.8, 4) is 0 Å². The first-order valence-corrected chi connectivity index (χ1v) is 11.0. The molecular weight excluding hydrogens is 420 g/mol. The number of carbonyl (C=O) groups is 3. The summed E-state index contributed by atoms with van der Waals surface area (Å²) in [4.78, 5) is 39.5. The van der Waals surface area contributed by atoms with Gasteiger partial charge in [-0.05, 0) is 36.8 Å². The number of nitrogens with zero attached hydrogens (tertiary/aromatic N) is 2. The van der Waals surface area contributed by atoms with Crippen LogP contribution in [0.15, 0.2) is 24.5 Å². The number of aromatic nitrogens is 1. The summed E-state index contributed by atoms with van der Waals surface area (Å²) in [5.41, 5.74) is 5.58. The summed E-state index contributed by atoms with van der Waals surface area (Å²) in [5.74, 6) is -1.62. The lowest BCUT2D eigenvalue weighted by Gasteiger charge is -2.33. The van der Waals surface area contributed by atoms with Crippen LogP contribution >= 0.6 is 0 Å². The Kier molecular flexibility index (Phi) is 9.18. The number of aryl methyl sites for hydroxylation is 1. The van der Waals surface area contributed by atoms with Crippen molar-refractivity contribution in [2.75, 3.05) is 13.1 Å². The molecule has 1 aliphatic heterocycles. The molecule has 0 saturated carbocycles. The van der Waals surface area contributed by atoms with E-state index in [2.05, 4.69) is 10.6 Å². The Bertz CT molecular complexity index is 764. The Hall–Kier alpha value is -2.49. The molecule has 4 N–H and O–H groups in total. The number of hydrogen-bond acceptors (Lipinski definition) is 4. The summed E-state index contributed by atoms with van der Waals surface area (Å²) >= 11 is 0. The Morgan fingerprint density at radius 2 is 1.84 bits per heavy atom. The molecule has 1 aliphatic rings. The molecule has 3 atom stereocenters. The molecule has 0 aromatic carbocycles. The fourth-order valence-electron chi connectivity index (χ4n) is 3.65. The maximum absolute atomic E-state index is 13.1. The predicted octanol–water partition coefficient (Wildman–Crippen LogP) is 1.50. The highest BCUT2D eigenvalue weighted by atomic mass is 19.3. The van der Waals surface area contributed by atoms with Crippen molar-refractivity contribution in [3.63, 3.8) is 0 Å². The lowest BCUT2D eigenvalue weighted by molar-refractivity contribution is -0.142. The smallest absolute Gasteiger partial charge is 0.243 e. The third kappa shape index (κ3) is 7.29. The maximum atomic E-state index is 13.1. The molecule has 0 radical (unpaired) electrons. The van der Waals surface area contributed by atoms with Crippen molar-refractivity contribution in [2.45, 2.75) is 77.6 Å². The SMILES string of the molecule is CC(C)(C)[C@H](N)C(=O)N1CCC[C@H]1C(=O)N[C@@H](CC(F)F)C(=O)NCCCn1cccc1. The van der Waals surface area contributed by atoms with E-state index in [1.807, 2.05) is 49.9 Å². The standard InChI is InChI=1S/C22H35F2N5O3/c1-22(2,3)18(25)21(32)29-13-6-8-16(29)20(31)27-15(14-17(23)24)19(30)26-9-7-12-28-10-4-5-11-28/h4-5,10-11,15-18H,6-9,12-14,25H2,1-3H3,(H,26,30)(H,27,31)/t15-,16-,18+/m0/s1. The molecule has 180 valence electrons. The Morgan fingerprint density at radius 3 is 2.44 bits per heavy atom. The van der Waals surface area contributed by atoms with Gasteiger partial charge in [0, 0.05) is 38.4 Å². The second kappa shape index (κ2) is 11.4. The fourth-order valence-corrected chi connectivity index (χ4v) is 3.65. The molecule has 1 saturated heterocycles. The maximum Gasteiger partial charge on any atom is 0.243 e. The molecule has 1 aromatic rings. The van der Waals surface area contributed by atoms with Crippen molar-refractivity contribution < 1.29 is 23.2 Å². The predicted molar refractivity (Wildman–Crippen MR) is 117 cm³/mol. The van der Waals surface area contributed by atoms with Gasteiger partial charge < -0.3 is 25.8 Å². The Labute approximate surface area is 187 Å². The topological polar surface area (TPSA) is 109 Å². The van der Waals surface area contributed by atoms with E-state index < -0.39 is 48.2 Å². The average Bonchev–Trinajstić information content (AvgIpc) is 3.40. The van der Waals surface area contributed by atoms with Gasteiger partial charge in [-0.2, -0.15) is 0 Å². The van der Waals surface area contributed by atoms with Crippen molar-refractivity contribution >= 4 is 17.7 Å². The summed E-state index contributed by atoms with van der Waals surface area (Å²) in [6.07, 6.45) is 1.84. The summed E-state index contributed by atoms with van der Waals surface area (Å²) in [7, 11) is 0. The first kappa shape index (κ1) is 25.8. The van der Waals surface area contributed by atoms with E-state index in [1.54, 1.807) is 0 Å². The van der Waals surface area contributed by atoms with Gasteiger partial charge in [0.05, 0.1) is 6.04 Å². The quantitative estimate of drug-likeness (QED) is 0.465. The van der Waals surface area contributed by atoms with Crippen molar-refractivity contribution in [1.82, 2.24) is 20.1 Å². The van der Waals surface area contributed by atoms with Gasteiger partial charge in [-0.15, -0.1) is 0 Å². The van der Waals surface area contributed by atoms with Crippen LogP contribution in [0.4, 0.5) is 8.78 Å². The minimum atomic E-state index is -2.76. The zero-order valence-corrected chi connectivity index (χ0v) is 19.0. The molecule has 0 aliphatic carbocycles. The number of halogens is 2. The average molecular weight is 456 g/mol. The molecule has 0 spiro atoms. The molecule has 0 unspecified atom stereocenters. The van der Waals surface area contributed by atoms with Crippen LogP contribution in [-0.4, -0.2) is 64.8 Å². The second-order valence-electron chi connectivity index (χ2n) is 9.29. The molecule has 0 bridgehead atoms. The van der Waals surface area contributed by atoms with E-state index in [0.717, 1.165) is 0 Å². The van der Waals surface area contributed by atoms with E-state index >= 15 is 0 Å². The highest BCUT2D eigenvalue weighted by Gasteiger charge is 2.40. The van der Waals surface area contributed by atoms with Gasteiger partial charge in [0.1, 0.15) is 12.1 Å². The van der Waals surface area contributed by atoms with Gasteiger partial charge in [0.2, 0.25) is 24.1 Å². The number of hydrogen-bond donors (Lipinski definition) is 3. The van der Waals surface area contributed by atoms with Gasteiger partial charge >= 0.3 is 0 Å². The Morgan fingerprint density at radius 1 is 1.19 bits per heavy atom. The van der Waals surface area contributed by atoms with E-state index in [4.69, 9.17) is 5.73 Å². The number of rotatable bonds is 10. The molecule has 3 amide bonds. The van der Waals surface area contributed by atoms with Crippen LogP contribution in [-0.2, 0) is 20.9 Å². The van der Waals surface area contributed by atoms with Crippen LogP contribution in [0.25, 0.3) is 0 Å². The zero-order chi connectivity index (χ0) is 23.9. The Balaban J connectivity index is 1.95. The van der Waals surface area contributed by atoms with E-state index in [0.29, 0.717) is 38.9 Å². The summed E-state index contributed by atoms with van der Waals surface area (Å²) in [6, 6.07) is 0.785. The number of amides is 3. The van der Waals surface area contributed by atoms with Crippen molar-refractivity contribution in [3.05, 3.63) is 24.5 Å². The zero-order valence-electron chi connectivity index (χ0n) is 19.0. The molecular formula is C22H35F2N5O3. The van der Waals surface area contributed by atoms with Crippen LogP contribution in [0.5, 0.6) is 0 Å². The molecule has 1 aromatic heterocycles. The first-order chi connectivity index (χ1) is 15.0. The second-order valence-corrected chi connectivity index (χ2v) is 9.29. The normalized spacial score (nSPS) is 18.5.